The van der Waals surface area contributed by atoms with Crippen LogP contribution in [-0.2, 0) is 4.74 Å². The van der Waals surface area contributed by atoms with Crippen LogP contribution in [0, 0.1) is 0 Å². The van der Waals surface area contributed by atoms with E-state index in [2.05, 4.69) is 4.98 Å². The quantitative estimate of drug-likeness (QED) is 0.862. The van der Waals surface area contributed by atoms with Crippen molar-refractivity contribution in [3.8, 4) is 0 Å². The van der Waals surface area contributed by atoms with Crippen molar-refractivity contribution in [3.05, 3.63) is 23.0 Å². The van der Waals surface area contributed by atoms with Crippen molar-refractivity contribution in [2.24, 2.45) is 0 Å². The number of anilines is 1. The second kappa shape index (κ2) is 6.10. The van der Waals surface area contributed by atoms with Crippen molar-refractivity contribution < 1.29 is 9.53 Å². The lowest BCUT2D eigenvalue weighted by Crippen LogP contribution is -2.41. The molecule has 0 bridgehead atoms. The van der Waals surface area contributed by atoms with E-state index in [0.717, 1.165) is 18.5 Å². The third-order valence-electron chi connectivity index (χ3n) is 3.45. The zero-order chi connectivity index (χ0) is 15.6. The van der Waals surface area contributed by atoms with E-state index in [1.807, 2.05) is 20.8 Å². The molecule has 2 N–H and O–H groups in total. The molecule has 0 aromatic carbocycles. The van der Waals surface area contributed by atoms with Crippen LogP contribution in [0.25, 0.3) is 0 Å². The minimum Gasteiger partial charge on any atom is -0.444 e. The molecule has 0 atom stereocenters. The Hall–Kier alpha value is -1.49. The Bertz CT molecular complexity index is 520. The zero-order valence-corrected chi connectivity index (χ0v) is 13.5. The van der Waals surface area contributed by atoms with Crippen molar-refractivity contribution in [1.29, 1.82) is 0 Å². The molecule has 1 aromatic heterocycles. The van der Waals surface area contributed by atoms with E-state index in [0.29, 0.717) is 23.8 Å². The van der Waals surface area contributed by atoms with Gasteiger partial charge in [0.15, 0.2) is 0 Å². The summed E-state index contributed by atoms with van der Waals surface area (Å²) in [6.07, 6.45) is 3.03. The number of nitrogens with zero attached hydrogens (tertiary/aromatic N) is 2. The molecule has 0 saturated carbocycles. The second-order valence-corrected chi connectivity index (χ2v) is 6.81. The highest BCUT2D eigenvalue weighted by atomic mass is 35.5. The number of carbonyl (C=O) groups is 1. The molecule has 0 spiro atoms. The molecule has 0 radical (unpaired) electrons. The van der Waals surface area contributed by atoms with Crippen molar-refractivity contribution in [1.82, 2.24) is 9.88 Å². The highest BCUT2D eigenvalue weighted by molar-refractivity contribution is 6.30. The lowest BCUT2D eigenvalue weighted by Gasteiger charge is -2.33. The summed E-state index contributed by atoms with van der Waals surface area (Å²) in [7, 11) is 0. The number of halogens is 1. The molecule has 6 heteroatoms. The number of nitrogen functional groups attached to an aromatic ring is 1. The number of hydrogen-bond donors (Lipinski definition) is 1. The summed E-state index contributed by atoms with van der Waals surface area (Å²) in [5.74, 6) is 0.265. The average molecular weight is 312 g/mol. The molecule has 0 aliphatic carbocycles. The van der Waals surface area contributed by atoms with Gasteiger partial charge in [0.25, 0.3) is 0 Å². The summed E-state index contributed by atoms with van der Waals surface area (Å²) in [6, 6.07) is 1.73. The minimum atomic E-state index is -0.462. The molecular weight excluding hydrogens is 290 g/mol. The van der Waals surface area contributed by atoms with E-state index in [1.165, 1.54) is 0 Å². The predicted octanol–water partition coefficient (Wildman–Crippen LogP) is 3.43. The van der Waals surface area contributed by atoms with Crippen molar-refractivity contribution >= 4 is 23.4 Å². The standard InChI is InChI=1S/C15H22ClN3O2/c1-15(2,3)21-14(20)19-6-4-10(5-7-19)13-12(17)8-11(16)9-18-13/h8-10H,4-7,17H2,1-3H3. The van der Waals surface area contributed by atoms with Gasteiger partial charge in [-0.3, -0.25) is 4.98 Å². The van der Waals surface area contributed by atoms with Crippen molar-refractivity contribution in [3.63, 3.8) is 0 Å². The smallest absolute Gasteiger partial charge is 0.410 e. The minimum absolute atomic E-state index is 0.252. The van der Waals surface area contributed by atoms with Gasteiger partial charge in [-0.05, 0) is 39.7 Å². The van der Waals surface area contributed by atoms with E-state index < -0.39 is 5.60 Å². The van der Waals surface area contributed by atoms with Crippen LogP contribution in [0.15, 0.2) is 12.3 Å². The van der Waals surface area contributed by atoms with Crippen molar-refractivity contribution in [2.45, 2.75) is 45.1 Å². The topological polar surface area (TPSA) is 68.5 Å². The highest BCUT2D eigenvalue weighted by Crippen LogP contribution is 2.31. The molecule has 116 valence electrons. The van der Waals surface area contributed by atoms with Gasteiger partial charge in [-0.15, -0.1) is 0 Å². The Kier molecular flexibility index (Phi) is 4.61. The SMILES string of the molecule is CC(C)(C)OC(=O)N1CCC(c2ncc(Cl)cc2N)CC1. The van der Waals surface area contributed by atoms with Crippen LogP contribution in [0.1, 0.15) is 45.2 Å². The van der Waals surface area contributed by atoms with Crippen LogP contribution in [0.5, 0.6) is 0 Å². The molecular formula is C15H22ClN3O2. The maximum Gasteiger partial charge on any atom is 0.410 e. The summed E-state index contributed by atoms with van der Waals surface area (Å²) in [6.45, 7) is 6.93. The van der Waals surface area contributed by atoms with Gasteiger partial charge in [0.1, 0.15) is 5.60 Å². The molecule has 1 amide bonds. The Morgan fingerprint density at radius 3 is 2.57 bits per heavy atom. The fourth-order valence-corrected chi connectivity index (χ4v) is 2.63. The van der Waals surface area contributed by atoms with Crippen LogP contribution in [0.3, 0.4) is 0 Å². The Balaban J connectivity index is 1.95. The van der Waals surface area contributed by atoms with Gasteiger partial charge in [-0.2, -0.15) is 0 Å². The Labute approximate surface area is 130 Å². The Morgan fingerprint density at radius 2 is 2.05 bits per heavy atom. The summed E-state index contributed by atoms with van der Waals surface area (Å²) in [5.41, 5.74) is 7.02. The van der Waals surface area contributed by atoms with Crippen LogP contribution in [0.2, 0.25) is 5.02 Å². The van der Waals surface area contributed by atoms with Crippen LogP contribution in [0.4, 0.5) is 10.5 Å². The lowest BCUT2D eigenvalue weighted by atomic mass is 9.92. The number of hydrogen-bond acceptors (Lipinski definition) is 4. The molecule has 2 heterocycles. The second-order valence-electron chi connectivity index (χ2n) is 6.37. The zero-order valence-electron chi connectivity index (χ0n) is 12.7. The summed E-state index contributed by atoms with van der Waals surface area (Å²) >= 11 is 5.87. The largest absolute Gasteiger partial charge is 0.444 e. The average Bonchev–Trinajstić information content (AvgIpc) is 2.37. The number of rotatable bonds is 1. The predicted molar refractivity (Wildman–Crippen MR) is 83.4 cm³/mol. The number of nitrogens with two attached hydrogens (primary N) is 1. The van der Waals surface area contributed by atoms with Gasteiger partial charge in [0.2, 0.25) is 0 Å². The molecule has 1 aliphatic rings. The first-order valence-electron chi connectivity index (χ1n) is 7.15. The van der Waals surface area contributed by atoms with E-state index >= 15 is 0 Å². The van der Waals surface area contributed by atoms with E-state index in [9.17, 15) is 4.79 Å². The lowest BCUT2D eigenvalue weighted by molar-refractivity contribution is 0.0204. The molecule has 1 saturated heterocycles. The number of likely N-dealkylation sites (tertiary alicyclic amines) is 1. The van der Waals surface area contributed by atoms with E-state index in [-0.39, 0.29) is 12.0 Å². The van der Waals surface area contributed by atoms with Gasteiger partial charge in [0.05, 0.1) is 16.4 Å². The van der Waals surface area contributed by atoms with Gasteiger partial charge < -0.3 is 15.4 Å². The third-order valence-corrected chi connectivity index (χ3v) is 3.66. The normalized spacial score (nSPS) is 16.9. The molecule has 2 rings (SSSR count). The molecule has 0 unspecified atom stereocenters. The monoisotopic (exact) mass is 311 g/mol. The van der Waals surface area contributed by atoms with Gasteiger partial charge in [-0.1, -0.05) is 11.6 Å². The summed E-state index contributed by atoms with van der Waals surface area (Å²) < 4.78 is 5.39. The molecule has 1 aromatic rings. The highest BCUT2D eigenvalue weighted by Gasteiger charge is 2.28. The van der Waals surface area contributed by atoms with E-state index in [4.69, 9.17) is 22.1 Å². The number of amides is 1. The summed E-state index contributed by atoms with van der Waals surface area (Å²) in [5, 5.41) is 0.544. The fourth-order valence-electron chi connectivity index (χ4n) is 2.47. The molecule has 1 fully saturated rings. The number of ether oxygens (including phenoxy) is 1. The molecule has 21 heavy (non-hydrogen) atoms. The number of pyridine rings is 1. The first-order chi connectivity index (χ1) is 9.76. The maximum atomic E-state index is 12.0. The molecule has 1 aliphatic heterocycles. The first-order valence-corrected chi connectivity index (χ1v) is 7.53. The van der Waals surface area contributed by atoms with Crippen LogP contribution >= 0.6 is 11.6 Å². The first kappa shape index (κ1) is 15.9. The van der Waals surface area contributed by atoms with Gasteiger partial charge in [-0.25, -0.2) is 4.79 Å². The number of aromatic nitrogens is 1. The van der Waals surface area contributed by atoms with Gasteiger partial charge >= 0.3 is 6.09 Å². The maximum absolute atomic E-state index is 12.0. The van der Waals surface area contributed by atoms with Crippen molar-refractivity contribution in [2.75, 3.05) is 18.8 Å². The van der Waals surface area contributed by atoms with E-state index in [1.54, 1.807) is 17.2 Å². The third kappa shape index (κ3) is 4.24. The van der Waals surface area contributed by atoms with Crippen LogP contribution < -0.4 is 5.73 Å². The molecule has 5 nitrogen and oxygen atoms in total. The van der Waals surface area contributed by atoms with Gasteiger partial charge in [0, 0.05) is 25.2 Å². The number of piperidine rings is 1. The fraction of sp³-hybridized carbons (Fsp3) is 0.600. The Morgan fingerprint density at radius 1 is 1.43 bits per heavy atom. The van der Waals surface area contributed by atoms with Crippen LogP contribution in [-0.4, -0.2) is 34.7 Å². The number of carbonyl (C=O) groups excluding carboxylic acids is 1. The summed E-state index contributed by atoms with van der Waals surface area (Å²) in [4.78, 5) is 18.1.